The summed E-state index contributed by atoms with van der Waals surface area (Å²) in [5.74, 6) is 0. The molecule has 0 aromatic carbocycles. The molecule has 0 aliphatic heterocycles. The first kappa shape index (κ1) is 14.9. The zero-order valence-electron chi connectivity index (χ0n) is 10.9. The van der Waals surface area contributed by atoms with Crippen LogP contribution in [0.4, 0.5) is 0 Å². The smallest absolute Gasteiger partial charge is 0.333 e. The lowest BCUT2D eigenvalue weighted by molar-refractivity contribution is 0.0851. The van der Waals surface area contributed by atoms with Crippen LogP contribution in [0.3, 0.4) is 0 Å². The van der Waals surface area contributed by atoms with Gasteiger partial charge in [-0.3, -0.25) is 4.57 Å². The first-order chi connectivity index (χ1) is 7.93. The predicted octanol–water partition coefficient (Wildman–Crippen LogP) is 3.11. The third kappa shape index (κ3) is 4.55. The molecule has 0 amide bonds. The lowest BCUT2D eigenvalue weighted by atomic mass is 9.89. The van der Waals surface area contributed by atoms with Gasteiger partial charge in [-0.05, 0) is 40.0 Å². The fourth-order valence-corrected chi connectivity index (χ4v) is 4.22. The maximum Gasteiger partial charge on any atom is 0.333 e. The van der Waals surface area contributed by atoms with Crippen LogP contribution in [0.5, 0.6) is 0 Å². The number of allylic oxidation sites excluding steroid dienone is 1. The Kier molecular flexibility index (Phi) is 5.39. The van der Waals surface area contributed by atoms with Crippen LogP contribution >= 0.6 is 7.60 Å². The molecule has 0 aromatic heterocycles. The largest absolute Gasteiger partial charge is 0.385 e. The van der Waals surface area contributed by atoms with Gasteiger partial charge in [-0.2, -0.15) is 0 Å². The second-order valence-electron chi connectivity index (χ2n) is 4.55. The van der Waals surface area contributed by atoms with Crippen molar-refractivity contribution in [3.8, 4) is 0 Å². The van der Waals surface area contributed by atoms with Crippen molar-refractivity contribution in [2.24, 2.45) is 0 Å². The molecule has 1 unspecified atom stereocenters. The zero-order valence-corrected chi connectivity index (χ0v) is 11.8. The third-order valence-corrected chi connectivity index (χ3v) is 5.05. The van der Waals surface area contributed by atoms with E-state index in [1.54, 1.807) is 19.9 Å². The van der Waals surface area contributed by atoms with Crippen molar-refractivity contribution in [3.63, 3.8) is 0 Å². The van der Waals surface area contributed by atoms with Gasteiger partial charge in [-0.25, -0.2) is 0 Å². The molecule has 0 saturated carbocycles. The molecule has 5 heteroatoms. The average molecular weight is 262 g/mol. The molecule has 0 fully saturated rings. The number of rotatable bonds is 6. The topological polar surface area (TPSA) is 55.8 Å². The van der Waals surface area contributed by atoms with Crippen LogP contribution in [-0.2, 0) is 13.6 Å². The van der Waals surface area contributed by atoms with E-state index in [9.17, 15) is 9.67 Å². The minimum absolute atomic E-state index is 0.0546. The predicted molar refractivity (Wildman–Crippen MR) is 68.3 cm³/mol. The average Bonchev–Trinajstić information content (AvgIpc) is 2.15. The van der Waals surface area contributed by atoms with E-state index >= 15 is 0 Å². The minimum atomic E-state index is -3.17. The van der Waals surface area contributed by atoms with Crippen LogP contribution in [0.25, 0.3) is 0 Å². The highest BCUT2D eigenvalue weighted by Crippen LogP contribution is 2.52. The van der Waals surface area contributed by atoms with Crippen molar-refractivity contribution in [2.75, 3.05) is 19.4 Å². The Hall–Kier alpha value is -0.150. The quantitative estimate of drug-likeness (QED) is 0.590. The van der Waals surface area contributed by atoms with E-state index in [1.165, 1.54) is 0 Å². The molecule has 1 rings (SSSR count). The summed E-state index contributed by atoms with van der Waals surface area (Å²) in [6.45, 7) is 6.19. The maximum absolute atomic E-state index is 12.4. The van der Waals surface area contributed by atoms with Crippen molar-refractivity contribution < 1.29 is 18.7 Å². The lowest BCUT2D eigenvalue weighted by Crippen LogP contribution is -2.33. The Morgan fingerprint density at radius 2 is 2.00 bits per heavy atom. The second-order valence-corrected chi connectivity index (χ2v) is 6.61. The summed E-state index contributed by atoms with van der Waals surface area (Å²) in [5.41, 5.74) is 0.0978. The summed E-state index contributed by atoms with van der Waals surface area (Å²) in [4.78, 5) is 0. The van der Waals surface area contributed by atoms with Crippen molar-refractivity contribution in [2.45, 2.75) is 45.6 Å². The van der Waals surface area contributed by atoms with Gasteiger partial charge < -0.3 is 14.2 Å². The number of hydrogen-bond acceptors (Lipinski definition) is 4. The van der Waals surface area contributed by atoms with Crippen LogP contribution in [0.15, 0.2) is 11.6 Å². The van der Waals surface area contributed by atoms with Crippen LogP contribution in [-0.4, -0.2) is 30.1 Å². The number of hydrogen-bond donors (Lipinski definition) is 1. The SMILES string of the molecule is CCOP(=O)(CC1(O)C=C(C)CCC1)OCC. The summed E-state index contributed by atoms with van der Waals surface area (Å²) < 4.78 is 22.8. The lowest BCUT2D eigenvalue weighted by Gasteiger charge is -2.32. The highest BCUT2D eigenvalue weighted by Gasteiger charge is 2.38. The van der Waals surface area contributed by atoms with Gasteiger partial charge in [0.05, 0.1) is 25.0 Å². The standard InChI is InChI=1S/C12H23O4P/c1-4-15-17(14,16-5-2)10-12(13)8-6-7-11(3)9-12/h9,13H,4-8,10H2,1-3H3. The molecular formula is C12H23O4P. The van der Waals surface area contributed by atoms with Crippen LogP contribution in [0, 0.1) is 0 Å². The first-order valence-electron chi connectivity index (χ1n) is 6.22. The Balaban J connectivity index is 2.78. The Bertz CT molecular complexity index is 316. The van der Waals surface area contributed by atoms with Gasteiger partial charge in [0.25, 0.3) is 0 Å². The second kappa shape index (κ2) is 6.14. The van der Waals surface area contributed by atoms with Gasteiger partial charge in [0.1, 0.15) is 0 Å². The summed E-state index contributed by atoms with van der Waals surface area (Å²) in [7, 11) is -3.17. The minimum Gasteiger partial charge on any atom is -0.385 e. The highest BCUT2D eigenvalue weighted by molar-refractivity contribution is 7.53. The van der Waals surface area contributed by atoms with E-state index < -0.39 is 13.2 Å². The summed E-state index contributed by atoms with van der Waals surface area (Å²) in [6.07, 6.45) is 4.39. The van der Waals surface area contributed by atoms with E-state index in [-0.39, 0.29) is 6.16 Å². The normalized spacial score (nSPS) is 25.8. The molecule has 1 aliphatic carbocycles. The van der Waals surface area contributed by atoms with Crippen LogP contribution in [0.1, 0.15) is 40.0 Å². The Morgan fingerprint density at radius 1 is 1.41 bits per heavy atom. The molecule has 1 N–H and O–H groups in total. The van der Waals surface area contributed by atoms with Crippen molar-refractivity contribution in [1.82, 2.24) is 0 Å². The van der Waals surface area contributed by atoms with E-state index in [0.29, 0.717) is 19.6 Å². The van der Waals surface area contributed by atoms with Gasteiger partial charge in [0, 0.05) is 0 Å². The molecular weight excluding hydrogens is 239 g/mol. The Labute approximate surface area is 104 Å². The van der Waals surface area contributed by atoms with E-state index in [4.69, 9.17) is 9.05 Å². The van der Waals surface area contributed by atoms with Crippen molar-refractivity contribution in [3.05, 3.63) is 11.6 Å². The van der Waals surface area contributed by atoms with Crippen LogP contribution < -0.4 is 0 Å². The van der Waals surface area contributed by atoms with Gasteiger partial charge in [-0.15, -0.1) is 0 Å². The summed E-state index contributed by atoms with van der Waals surface area (Å²) in [5, 5.41) is 10.4. The fraction of sp³-hybridized carbons (Fsp3) is 0.833. The molecule has 100 valence electrons. The molecule has 0 bridgehead atoms. The number of aliphatic hydroxyl groups is 1. The van der Waals surface area contributed by atoms with E-state index in [1.807, 2.05) is 6.92 Å². The third-order valence-electron chi connectivity index (χ3n) is 2.81. The van der Waals surface area contributed by atoms with Gasteiger partial charge in [-0.1, -0.05) is 11.6 Å². The van der Waals surface area contributed by atoms with Gasteiger partial charge >= 0.3 is 7.60 Å². The molecule has 0 saturated heterocycles. The Morgan fingerprint density at radius 3 is 2.47 bits per heavy atom. The van der Waals surface area contributed by atoms with Crippen LogP contribution in [0.2, 0.25) is 0 Å². The molecule has 4 nitrogen and oxygen atoms in total. The monoisotopic (exact) mass is 262 g/mol. The summed E-state index contributed by atoms with van der Waals surface area (Å²) >= 11 is 0. The molecule has 0 spiro atoms. The van der Waals surface area contributed by atoms with Gasteiger partial charge in [0.2, 0.25) is 0 Å². The zero-order chi connectivity index (χ0) is 12.9. The van der Waals surface area contributed by atoms with Crippen molar-refractivity contribution >= 4 is 7.60 Å². The molecule has 17 heavy (non-hydrogen) atoms. The highest BCUT2D eigenvalue weighted by atomic mass is 31.2. The molecule has 0 heterocycles. The molecule has 1 atom stereocenters. The van der Waals surface area contributed by atoms with E-state index in [2.05, 4.69) is 0 Å². The maximum atomic E-state index is 12.4. The summed E-state index contributed by atoms with van der Waals surface area (Å²) in [6, 6.07) is 0. The van der Waals surface area contributed by atoms with Gasteiger partial charge in [0.15, 0.2) is 0 Å². The molecule has 0 aromatic rings. The fourth-order valence-electron chi connectivity index (χ4n) is 2.26. The molecule has 0 radical (unpaired) electrons. The van der Waals surface area contributed by atoms with Crippen molar-refractivity contribution in [1.29, 1.82) is 0 Å². The van der Waals surface area contributed by atoms with E-state index in [0.717, 1.165) is 18.4 Å². The first-order valence-corrected chi connectivity index (χ1v) is 7.95. The molecule has 1 aliphatic rings.